The zero-order valence-corrected chi connectivity index (χ0v) is 14.9. The third-order valence-electron chi connectivity index (χ3n) is 4.41. The zero-order valence-electron chi connectivity index (χ0n) is 14.9. The maximum atomic E-state index is 13.1. The Labute approximate surface area is 153 Å². The van der Waals surface area contributed by atoms with Gasteiger partial charge in [-0.15, -0.1) is 0 Å². The highest BCUT2D eigenvalue weighted by atomic mass is 19.1. The lowest BCUT2D eigenvalue weighted by Crippen LogP contribution is -2.39. The number of hydrogen-bond donors (Lipinski definition) is 1. The van der Waals surface area contributed by atoms with Crippen LogP contribution in [0.15, 0.2) is 47.1 Å². The van der Waals surface area contributed by atoms with Crippen molar-refractivity contribution < 1.29 is 23.4 Å². The van der Waals surface area contributed by atoms with Crippen LogP contribution in [0.3, 0.4) is 0 Å². The first-order chi connectivity index (χ1) is 12.7. The van der Waals surface area contributed by atoms with Crippen LogP contribution in [0, 0.1) is 5.82 Å². The Morgan fingerprint density at radius 1 is 1.27 bits per heavy atom. The second-order valence-electron chi connectivity index (χ2n) is 6.70. The van der Waals surface area contributed by atoms with Crippen LogP contribution >= 0.6 is 0 Å². The van der Waals surface area contributed by atoms with Crippen molar-refractivity contribution in [2.75, 3.05) is 26.3 Å². The lowest BCUT2D eigenvalue weighted by atomic mass is 10.1. The molecule has 142 valence electrons. The molecule has 0 amide bonds. The summed E-state index contributed by atoms with van der Waals surface area (Å²) in [7, 11) is 0. The molecule has 2 atom stereocenters. The van der Waals surface area contributed by atoms with Gasteiger partial charge in [0.25, 0.3) is 0 Å². The fraction of sp³-hybridized carbons (Fsp3) is 0.500. The van der Waals surface area contributed by atoms with E-state index in [1.165, 1.54) is 12.1 Å². The molecule has 5 nitrogen and oxygen atoms in total. The van der Waals surface area contributed by atoms with Gasteiger partial charge in [0.15, 0.2) is 0 Å². The van der Waals surface area contributed by atoms with Gasteiger partial charge in [-0.25, -0.2) is 4.39 Å². The summed E-state index contributed by atoms with van der Waals surface area (Å²) >= 11 is 0. The first kappa shape index (κ1) is 19.0. The molecule has 1 aromatic carbocycles. The number of aliphatic hydroxyl groups is 1. The summed E-state index contributed by atoms with van der Waals surface area (Å²) in [5.74, 6) is 0.491. The molecular formula is C20H26FNO4. The molecule has 0 bridgehead atoms. The number of nitrogens with zero attached hydrogens (tertiary/aromatic N) is 1. The van der Waals surface area contributed by atoms with Crippen molar-refractivity contribution in [3.05, 3.63) is 59.8 Å². The van der Waals surface area contributed by atoms with Crippen LogP contribution < -0.4 is 0 Å². The molecule has 1 aliphatic rings. The summed E-state index contributed by atoms with van der Waals surface area (Å²) in [5, 5.41) is 10.3. The highest BCUT2D eigenvalue weighted by Crippen LogP contribution is 2.16. The molecular weight excluding hydrogens is 337 g/mol. The molecule has 3 rings (SSSR count). The van der Waals surface area contributed by atoms with E-state index in [9.17, 15) is 9.50 Å². The van der Waals surface area contributed by atoms with E-state index < -0.39 is 6.10 Å². The topological polar surface area (TPSA) is 55.1 Å². The molecule has 1 N–H and O–H groups in total. The van der Waals surface area contributed by atoms with E-state index in [2.05, 4.69) is 4.90 Å². The van der Waals surface area contributed by atoms with Gasteiger partial charge in [0.1, 0.15) is 18.2 Å². The predicted molar refractivity (Wildman–Crippen MR) is 95.0 cm³/mol. The van der Waals surface area contributed by atoms with E-state index in [0.29, 0.717) is 19.7 Å². The Morgan fingerprint density at radius 2 is 2.12 bits per heavy atom. The molecule has 1 saturated heterocycles. The maximum Gasteiger partial charge on any atom is 0.129 e. The number of ether oxygens (including phenoxy) is 2. The minimum atomic E-state index is -0.619. The number of rotatable bonds is 10. The van der Waals surface area contributed by atoms with E-state index in [-0.39, 0.29) is 18.5 Å². The van der Waals surface area contributed by atoms with Gasteiger partial charge in [0.05, 0.1) is 25.1 Å². The van der Waals surface area contributed by atoms with Crippen molar-refractivity contribution in [2.45, 2.75) is 38.2 Å². The summed E-state index contributed by atoms with van der Waals surface area (Å²) in [6, 6.07) is 10.1. The van der Waals surface area contributed by atoms with Crippen LogP contribution in [0.5, 0.6) is 0 Å². The largest absolute Gasteiger partial charge is 0.467 e. The first-order valence-corrected chi connectivity index (χ1v) is 9.05. The average Bonchev–Trinajstić information content (AvgIpc) is 3.31. The molecule has 0 aliphatic carbocycles. The van der Waals surface area contributed by atoms with Gasteiger partial charge in [-0.2, -0.15) is 0 Å². The van der Waals surface area contributed by atoms with Crippen LogP contribution in [0.2, 0.25) is 0 Å². The lowest BCUT2D eigenvalue weighted by molar-refractivity contribution is -0.00636. The van der Waals surface area contributed by atoms with E-state index in [1.54, 1.807) is 24.5 Å². The molecule has 1 aliphatic heterocycles. The molecule has 0 saturated carbocycles. The van der Waals surface area contributed by atoms with Gasteiger partial charge in [-0.3, -0.25) is 4.90 Å². The van der Waals surface area contributed by atoms with Gasteiger partial charge in [0.2, 0.25) is 0 Å². The van der Waals surface area contributed by atoms with Crippen molar-refractivity contribution in [1.29, 1.82) is 0 Å². The van der Waals surface area contributed by atoms with E-state index in [0.717, 1.165) is 37.3 Å². The summed E-state index contributed by atoms with van der Waals surface area (Å²) < 4.78 is 29.6. The van der Waals surface area contributed by atoms with Crippen LogP contribution in [0.25, 0.3) is 0 Å². The minimum Gasteiger partial charge on any atom is -0.467 e. The van der Waals surface area contributed by atoms with E-state index >= 15 is 0 Å². The minimum absolute atomic E-state index is 0.187. The van der Waals surface area contributed by atoms with Crippen LogP contribution in [-0.4, -0.2) is 48.5 Å². The molecule has 0 unspecified atom stereocenters. The molecule has 1 fully saturated rings. The van der Waals surface area contributed by atoms with Crippen molar-refractivity contribution in [2.24, 2.45) is 0 Å². The van der Waals surface area contributed by atoms with Crippen molar-refractivity contribution in [1.82, 2.24) is 4.90 Å². The standard InChI is InChI=1S/C20H26FNO4/c21-17-7-5-16(6-8-17)11-22(13-19-3-1-9-25-19)12-18(23)14-24-15-20-4-2-10-26-20/h2,4-8,10,18-19,23H,1,3,9,11-15H2/t18-,19-/m1/s1. The third kappa shape index (κ3) is 6.21. The lowest BCUT2D eigenvalue weighted by Gasteiger charge is -2.27. The van der Waals surface area contributed by atoms with Gasteiger partial charge in [-0.1, -0.05) is 12.1 Å². The Bertz CT molecular complexity index is 626. The second-order valence-corrected chi connectivity index (χ2v) is 6.70. The van der Waals surface area contributed by atoms with Crippen molar-refractivity contribution in [3.8, 4) is 0 Å². The highest BCUT2D eigenvalue weighted by molar-refractivity contribution is 5.16. The van der Waals surface area contributed by atoms with Crippen molar-refractivity contribution in [3.63, 3.8) is 0 Å². The van der Waals surface area contributed by atoms with Gasteiger partial charge < -0.3 is 19.0 Å². The summed E-state index contributed by atoms with van der Waals surface area (Å²) in [6.45, 7) is 3.21. The quantitative estimate of drug-likeness (QED) is 0.703. The molecule has 2 heterocycles. The predicted octanol–water partition coefficient (Wildman–Crippen LogP) is 2.98. The van der Waals surface area contributed by atoms with Gasteiger partial charge in [0, 0.05) is 26.2 Å². The molecule has 0 radical (unpaired) electrons. The highest BCUT2D eigenvalue weighted by Gasteiger charge is 2.21. The Balaban J connectivity index is 1.50. The van der Waals surface area contributed by atoms with Crippen molar-refractivity contribution >= 4 is 0 Å². The van der Waals surface area contributed by atoms with Gasteiger partial charge in [-0.05, 0) is 42.7 Å². The number of aliphatic hydroxyl groups excluding tert-OH is 1. The smallest absolute Gasteiger partial charge is 0.129 e. The average molecular weight is 363 g/mol. The Morgan fingerprint density at radius 3 is 2.81 bits per heavy atom. The first-order valence-electron chi connectivity index (χ1n) is 9.05. The summed E-state index contributed by atoms with van der Waals surface area (Å²) in [4.78, 5) is 2.14. The van der Waals surface area contributed by atoms with Gasteiger partial charge >= 0.3 is 0 Å². The number of halogens is 1. The van der Waals surface area contributed by atoms with E-state index in [4.69, 9.17) is 13.9 Å². The number of furan rings is 1. The number of hydrogen-bond acceptors (Lipinski definition) is 5. The second kappa shape index (κ2) is 9.83. The van der Waals surface area contributed by atoms with Crippen LogP contribution in [0.4, 0.5) is 4.39 Å². The zero-order chi connectivity index (χ0) is 18.2. The van der Waals surface area contributed by atoms with Crippen LogP contribution in [0.1, 0.15) is 24.2 Å². The normalized spacial score (nSPS) is 18.5. The third-order valence-corrected chi connectivity index (χ3v) is 4.41. The molecule has 1 aromatic heterocycles. The van der Waals surface area contributed by atoms with Crippen LogP contribution in [-0.2, 0) is 22.6 Å². The monoisotopic (exact) mass is 363 g/mol. The maximum absolute atomic E-state index is 13.1. The Hall–Kier alpha value is -1.73. The van der Waals surface area contributed by atoms with E-state index in [1.807, 2.05) is 6.07 Å². The molecule has 26 heavy (non-hydrogen) atoms. The number of benzene rings is 1. The molecule has 2 aromatic rings. The fourth-order valence-corrected chi connectivity index (χ4v) is 3.17. The SMILES string of the molecule is O[C@@H](COCc1ccco1)CN(Cc1ccc(F)cc1)C[C@H]1CCCO1. The molecule has 6 heteroatoms. The Kier molecular flexibility index (Phi) is 7.20. The summed E-state index contributed by atoms with van der Waals surface area (Å²) in [5.41, 5.74) is 1.01. The summed E-state index contributed by atoms with van der Waals surface area (Å²) in [6.07, 6.45) is 3.27. The fourth-order valence-electron chi connectivity index (χ4n) is 3.17. The molecule has 0 spiro atoms.